The highest BCUT2D eigenvalue weighted by molar-refractivity contribution is 9.10. The molecule has 1 aliphatic rings. The molecule has 0 aliphatic carbocycles. The Kier molecular flexibility index (Phi) is 2.72. The molecule has 1 saturated heterocycles. The molecule has 74 valence electrons. The fourth-order valence-electron chi connectivity index (χ4n) is 1.44. The SMILES string of the molecule is O=C1NCC(c2ccc(Br)cc2)CO1. The number of carbonyl (C=O) groups excluding carboxylic acids is 1. The van der Waals surface area contributed by atoms with Crippen LogP contribution in [0.3, 0.4) is 0 Å². The predicted molar refractivity (Wildman–Crippen MR) is 56.2 cm³/mol. The number of nitrogens with one attached hydrogen (secondary N) is 1. The van der Waals surface area contributed by atoms with Crippen molar-refractivity contribution in [3.05, 3.63) is 34.3 Å². The number of hydrogen-bond acceptors (Lipinski definition) is 2. The third-order valence-corrected chi connectivity index (χ3v) is 2.78. The number of cyclic esters (lactones) is 1. The van der Waals surface area contributed by atoms with Gasteiger partial charge in [-0.15, -0.1) is 0 Å². The highest BCUT2D eigenvalue weighted by Gasteiger charge is 2.20. The summed E-state index contributed by atoms with van der Waals surface area (Å²) in [7, 11) is 0. The van der Waals surface area contributed by atoms with Crippen molar-refractivity contribution in [2.45, 2.75) is 5.92 Å². The van der Waals surface area contributed by atoms with Crippen LogP contribution in [-0.2, 0) is 4.74 Å². The lowest BCUT2D eigenvalue weighted by molar-refractivity contribution is 0.120. The summed E-state index contributed by atoms with van der Waals surface area (Å²) in [4.78, 5) is 10.8. The number of rotatable bonds is 1. The van der Waals surface area contributed by atoms with E-state index in [0.717, 1.165) is 4.47 Å². The van der Waals surface area contributed by atoms with Gasteiger partial charge in [0.1, 0.15) is 6.61 Å². The van der Waals surface area contributed by atoms with Crippen molar-refractivity contribution < 1.29 is 9.53 Å². The average molecular weight is 256 g/mol. The molecule has 0 radical (unpaired) electrons. The molecule has 1 N–H and O–H groups in total. The van der Waals surface area contributed by atoms with Crippen LogP contribution in [0.5, 0.6) is 0 Å². The summed E-state index contributed by atoms with van der Waals surface area (Å²) in [6, 6.07) is 8.06. The number of benzene rings is 1. The maximum atomic E-state index is 10.8. The molecule has 3 nitrogen and oxygen atoms in total. The van der Waals surface area contributed by atoms with E-state index in [1.54, 1.807) is 0 Å². The summed E-state index contributed by atoms with van der Waals surface area (Å²) < 4.78 is 5.97. The zero-order valence-electron chi connectivity index (χ0n) is 7.50. The number of carbonyl (C=O) groups is 1. The lowest BCUT2D eigenvalue weighted by atomic mass is 9.99. The number of ether oxygens (including phenoxy) is 1. The van der Waals surface area contributed by atoms with Crippen LogP contribution >= 0.6 is 15.9 Å². The van der Waals surface area contributed by atoms with E-state index in [0.29, 0.717) is 13.2 Å². The Balaban J connectivity index is 2.08. The van der Waals surface area contributed by atoms with Crippen LogP contribution in [0.1, 0.15) is 11.5 Å². The Morgan fingerprint density at radius 1 is 1.36 bits per heavy atom. The van der Waals surface area contributed by atoms with Crippen molar-refractivity contribution in [3.63, 3.8) is 0 Å². The maximum absolute atomic E-state index is 10.8. The first kappa shape index (κ1) is 9.52. The van der Waals surface area contributed by atoms with E-state index in [1.807, 2.05) is 24.3 Å². The average Bonchev–Trinajstić information content (AvgIpc) is 2.21. The largest absolute Gasteiger partial charge is 0.449 e. The first-order valence-electron chi connectivity index (χ1n) is 4.42. The molecule has 14 heavy (non-hydrogen) atoms. The molecule has 2 rings (SSSR count). The normalized spacial score (nSPS) is 21.2. The van der Waals surface area contributed by atoms with Crippen molar-refractivity contribution in [2.75, 3.05) is 13.2 Å². The van der Waals surface area contributed by atoms with E-state index in [-0.39, 0.29) is 12.0 Å². The van der Waals surface area contributed by atoms with E-state index in [4.69, 9.17) is 4.74 Å². The fraction of sp³-hybridized carbons (Fsp3) is 0.300. The summed E-state index contributed by atoms with van der Waals surface area (Å²) in [5.74, 6) is 0.265. The van der Waals surface area contributed by atoms with E-state index in [1.165, 1.54) is 5.56 Å². The number of hydrogen-bond donors (Lipinski definition) is 1. The van der Waals surface area contributed by atoms with Crippen LogP contribution in [0.25, 0.3) is 0 Å². The Morgan fingerprint density at radius 2 is 2.07 bits per heavy atom. The van der Waals surface area contributed by atoms with E-state index in [2.05, 4.69) is 21.2 Å². The Labute approximate surface area is 90.6 Å². The molecular formula is C10H10BrNO2. The van der Waals surface area contributed by atoms with Crippen molar-refractivity contribution in [1.29, 1.82) is 0 Å². The minimum Gasteiger partial charge on any atom is -0.449 e. The lowest BCUT2D eigenvalue weighted by Gasteiger charge is -2.22. The van der Waals surface area contributed by atoms with Gasteiger partial charge in [-0.1, -0.05) is 28.1 Å². The second-order valence-electron chi connectivity index (χ2n) is 3.23. The molecule has 0 aromatic heterocycles. The molecule has 1 amide bonds. The van der Waals surface area contributed by atoms with Crippen LogP contribution in [0.2, 0.25) is 0 Å². The van der Waals surface area contributed by atoms with Gasteiger partial charge in [0.15, 0.2) is 0 Å². The Bertz CT molecular complexity index is 326. The van der Waals surface area contributed by atoms with Crippen molar-refractivity contribution in [3.8, 4) is 0 Å². The fourth-order valence-corrected chi connectivity index (χ4v) is 1.71. The second kappa shape index (κ2) is 4.00. The first-order chi connectivity index (χ1) is 6.75. The molecule has 1 aromatic rings. The number of halogens is 1. The third kappa shape index (κ3) is 2.07. The minimum atomic E-state index is -0.321. The number of alkyl carbamates (subject to hydrolysis) is 1. The van der Waals surface area contributed by atoms with E-state index < -0.39 is 0 Å². The summed E-state index contributed by atoms with van der Waals surface area (Å²) in [5, 5.41) is 2.67. The molecule has 0 bridgehead atoms. The molecule has 1 aromatic carbocycles. The van der Waals surface area contributed by atoms with Crippen LogP contribution < -0.4 is 5.32 Å². The smallest absolute Gasteiger partial charge is 0.407 e. The van der Waals surface area contributed by atoms with Crippen LogP contribution in [0.4, 0.5) is 4.79 Å². The van der Waals surface area contributed by atoms with Crippen LogP contribution in [0, 0.1) is 0 Å². The predicted octanol–water partition coefficient (Wildman–Crippen LogP) is 2.27. The zero-order valence-corrected chi connectivity index (χ0v) is 9.08. The summed E-state index contributed by atoms with van der Waals surface area (Å²) >= 11 is 3.38. The molecule has 0 spiro atoms. The molecule has 4 heteroatoms. The number of amides is 1. The summed E-state index contributed by atoms with van der Waals surface area (Å²) in [6.07, 6.45) is -0.321. The summed E-state index contributed by atoms with van der Waals surface area (Å²) in [5.41, 5.74) is 1.19. The Morgan fingerprint density at radius 3 is 2.64 bits per heavy atom. The standard InChI is InChI=1S/C10H10BrNO2/c11-9-3-1-7(2-4-9)8-5-12-10(13)14-6-8/h1-4,8H,5-6H2,(H,12,13). The molecule has 0 saturated carbocycles. The first-order valence-corrected chi connectivity index (χ1v) is 5.21. The molecule has 1 unspecified atom stereocenters. The van der Waals surface area contributed by atoms with Crippen molar-refractivity contribution >= 4 is 22.0 Å². The summed E-state index contributed by atoms with van der Waals surface area (Å²) in [6.45, 7) is 1.12. The maximum Gasteiger partial charge on any atom is 0.407 e. The molecule has 1 heterocycles. The molecule has 1 atom stereocenters. The van der Waals surface area contributed by atoms with Gasteiger partial charge >= 0.3 is 6.09 Å². The van der Waals surface area contributed by atoms with Crippen molar-refractivity contribution in [1.82, 2.24) is 5.32 Å². The highest BCUT2D eigenvalue weighted by Crippen LogP contribution is 2.20. The molecule has 1 aliphatic heterocycles. The highest BCUT2D eigenvalue weighted by atomic mass is 79.9. The van der Waals surface area contributed by atoms with E-state index >= 15 is 0 Å². The van der Waals surface area contributed by atoms with Gasteiger partial charge in [0.2, 0.25) is 0 Å². The van der Waals surface area contributed by atoms with Crippen LogP contribution in [-0.4, -0.2) is 19.2 Å². The minimum absolute atomic E-state index is 0.265. The van der Waals surface area contributed by atoms with Gasteiger partial charge in [0, 0.05) is 16.9 Å². The second-order valence-corrected chi connectivity index (χ2v) is 4.14. The van der Waals surface area contributed by atoms with Gasteiger partial charge in [-0.05, 0) is 17.7 Å². The van der Waals surface area contributed by atoms with Gasteiger partial charge in [0.25, 0.3) is 0 Å². The van der Waals surface area contributed by atoms with Gasteiger partial charge in [0.05, 0.1) is 0 Å². The van der Waals surface area contributed by atoms with Gasteiger partial charge in [-0.25, -0.2) is 4.79 Å². The monoisotopic (exact) mass is 255 g/mol. The molecule has 1 fully saturated rings. The topological polar surface area (TPSA) is 38.3 Å². The van der Waals surface area contributed by atoms with Crippen LogP contribution in [0.15, 0.2) is 28.7 Å². The van der Waals surface area contributed by atoms with Gasteiger partial charge < -0.3 is 10.1 Å². The van der Waals surface area contributed by atoms with Crippen molar-refractivity contribution in [2.24, 2.45) is 0 Å². The zero-order chi connectivity index (χ0) is 9.97. The third-order valence-electron chi connectivity index (χ3n) is 2.25. The van der Waals surface area contributed by atoms with Gasteiger partial charge in [-0.2, -0.15) is 0 Å². The molecular weight excluding hydrogens is 246 g/mol. The quantitative estimate of drug-likeness (QED) is 0.837. The Hall–Kier alpha value is -1.03. The van der Waals surface area contributed by atoms with Gasteiger partial charge in [-0.3, -0.25) is 0 Å². The lowest BCUT2D eigenvalue weighted by Crippen LogP contribution is -2.37. The van der Waals surface area contributed by atoms with E-state index in [9.17, 15) is 4.79 Å².